The first-order chi connectivity index (χ1) is 5.75. The van der Waals surface area contributed by atoms with Crippen LogP contribution < -0.4 is 5.73 Å². The fourth-order valence-corrected chi connectivity index (χ4v) is 1.29. The molecule has 0 fully saturated rings. The van der Waals surface area contributed by atoms with Crippen molar-refractivity contribution >= 4 is 5.84 Å². The van der Waals surface area contributed by atoms with Crippen LogP contribution in [-0.4, -0.2) is 17.3 Å². The van der Waals surface area contributed by atoms with Crippen LogP contribution in [0.5, 0.6) is 0 Å². The van der Waals surface area contributed by atoms with Crippen molar-refractivity contribution in [3.05, 3.63) is 35.8 Å². The first-order valence-electron chi connectivity index (χ1n) is 3.91. The zero-order valence-corrected chi connectivity index (χ0v) is 6.99. The van der Waals surface area contributed by atoms with E-state index in [0.29, 0.717) is 0 Å². The summed E-state index contributed by atoms with van der Waals surface area (Å²) in [5, 5.41) is 0. The Morgan fingerprint density at radius 1 is 1.50 bits per heavy atom. The molecule has 0 aromatic carbocycles. The number of allylic oxidation sites excluding steroid dienone is 2. The lowest BCUT2D eigenvalue weighted by atomic mass is 10.2. The summed E-state index contributed by atoms with van der Waals surface area (Å²) in [6, 6.07) is 0. The predicted octanol–water partition coefficient (Wildman–Crippen LogP) is 0.974. The molecule has 0 amide bonds. The molecule has 0 unspecified atom stereocenters. The second kappa shape index (κ2) is 2.52. The third-order valence-corrected chi connectivity index (χ3v) is 1.86. The smallest absolute Gasteiger partial charge is 0.132 e. The maximum atomic E-state index is 5.65. The van der Waals surface area contributed by atoms with E-state index in [2.05, 4.69) is 18.1 Å². The van der Waals surface area contributed by atoms with Gasteiger partial charge in [0.05, 0.1) is 6.54 Å². The van der Waals surface area contributed by atoms with E-state index < -0.39 is 0 Å². The summed E-state index contributed by atoms with van der Waals surface area (Å²) < 4.78 is 0. The highest BCUT2D eigenvalue weighted by molar-refractivity contribution is 5.96. The molecule has 0 aliphatic carbocycles. The van der Waals surface area contributed by atoms with E-state index in [1.165, 1.54) is 5.57 Å². The zero-order valence-electron chi connectivity index (χ0n) is 6.99. The van der Waals surface area contributed by atoms with Gasteiger partial charge >= 0.3 is 0 Å². The van der Waals surface area contributed by atoms with E-state index in [-0.39, 0.29) is 0 Å². The lowest BCUT2D eigenvalue weighted by molar-refractivity contribution is 0.585. The van der Waals surface area contributed by atoms with Crippen molar-refractivity contribution in [1.82, 2.24) is 4.90 Å². The first-order valence-corrected chi connectivity index (χ1v) is 3.91. The summed E-state index contributed by atoms with van der Waals surface area (Å²) in [6.45, 7) is 2.81. The van der Waals surface area contributed by atoms with Gasteiger partial charge < -0.3 is 10.6 Å². The molecule has 2 aliphatic heterocycles. The molecule has 0 aromatic heterocycles. The number of aliphatic imine (C=N–C) groups is 1. The maximum Gasteiger partial charge on any atom is 0.132 e. The molecule has 0 bridgehead atoms. The molecule has 0 aromatic rings. The summed E-state index contributed by atoms with van der Waals surface area (Å²) >= 11 is 0. The lowest BCUT2D eigenvalue weighted by Crippen LogP contribution is -2.32. The van der Waals surface area contributed by atoms with Crippen molar-refractivity contribution in [2.45, 2.75) is 6.92 Å². The molecular weight excluding hydrogens is 150 g/mol. The first kappa shape index (κ1) is 7.16. The largest absolute Gasteiger partial charge is 0.399 e. The van der Waals surface area contributed by atoms with Gasteiger partial charge in [0, 0.05) is 18.1 Å². The van der Waals surface area contributed by atoms with Gasteiger partial charge in [0.25, 0.3) is 0 Å². The maximum absolute atomic E-state index is 5.65. The zero-order chi connectivity index (χ0) is 8.55. The van der Waals surface area contributed by atoms with E-state index in [4.69, 9.17) is 5.73 Å². The number of nitrogens with two attached hydrogens (primary N) is 1. The minimum Gasteiger partial charge on any atom is -0.399 e. The second-order valence-electron chi connectivity index (χ2n) is 3.03. The summed E-state index contributed by atoms with van der Waals surface area (Å²) in [4.78, 5) is 6.24. The Balaban J connectivity index is 2.33. The van der Waals surface area contributed by atoms with Gasteiger partial charge in [-0.3, -0.25) is 0 Å². The number of hydrogen-bond acceptors (Lipinski definition) is 3. The third kappa shape index (κ3) is 1.13. The fraction of sp³-hybridized carbons (Fsp3) is 0.222. The van der Waals surface area contributed by atoms with Crippen LogP contribution in [0.2, 0.25) is 0 Å². The molecule has 62 valence electrons. The van der Waals surface area contributed by atoms with Gasteiger partial charge in [-0.05, 0) is 18.6 Å². The van der Waals surface area contributed by atoms with E-state index in [1.54, 1.807) is 6.20 Å². The fourth-order valence-electron chi connectivity index (χ4n) is 1.29. The molecule has 2 heterocycles. The van der Waals surface area contributed by atoms with Gasteiger partial charge in [0.2, 0.25) is 0 Å². The molecule has 2 N–H and O–H groups in total. The molecular formula is C9H11N3. The van der Waals surface area contributed by atoms with Crippen LogP contribution in [0.25, 0.3) is 0 Å². The summed E-state index contributed by atoms with van der Waals surface area (Å²) in [5.74, 6) is 0.967. The van der Waals surface area contributed by atoms with E-state index >= 15 is 0 Å². The average Bonchev–Trinajstić information content (AvgIpc) is 2.03. The van der Waals surface area contributed by atoms with Crippen LogP contribution in [0, 0.1) is 0 Å². The summed E-state index contributed by atoms with van der Waals surface area (Å²) in [7, 11) is 0. The molecule has 0 saturated carbocycles. The lowest BCUT2D eigenvalue weighted by Gasteiger charge is -2.26. The summed E-state index contributed by atoms with van der Waals surface area (Å²) in [6.07, 6.45) is 7.81. The van der Waals surface area contributed by atoms with Gasteiger partial charge in [0.1, 0.15) is 5.84 Å². The van der Waals surface area contributed by atoms with Crippen LogP contribution in [0.4, 0.5) is 0 Å². The monoisotopic (exact) mass is 161 g/mol. The number of hydrogen-bond donors (Lipinski definition) is 1. The standard InChI is InChI=1S/C9H11N3/c1-7-2-3-9-11-4-8(10)6-12(9)5-7/h2-5H,6,10H2,1H3. The molecule has 0 radical (unpaired) electrons. The molecule has 0 spiro atoms. The van der Waals surface area contributed by atoms with Crippen LogP contribution in [0.15, 0.2) is 40.8 Å². The highest BCUT2D eigenvalue weighted by Gasteiger charge is 2.13. The Morgan fingerprint density at radius 2 is 2.33 bits per heavy atom. The Morgan fingerprint density at radius 3 is 3.17 bits per heavy atom. The van der Waals surface area contributed by atoms with Crippen molar-refractivity contribution in [2.24, 2.45) is 10.7 Å². The third-order valence-electron chi connectivity index (χ3n) is 1.86. The Kier molecular flexibility index (Phi) is 1.50. The minimum atomic E-state index is 0.751. The normalized spacial score (nSPS) is 21.1. The van der Waals surface area contributed by atoms with Crippen LogP contribution in [0.3, 0.4) is 0 Å². The number of nitrogens with zero attached hydrogens (tertiary/aromatic N) is 2. The van der Waals surface area contributed by atoms with Crippen LogP contribution in [-0.2, 0) is 0 Å². The topological polar surface area (TPSA) is 41.6 Å². The summed E-state index contributed by atoms with van der Waals surface area (Å²) in [5.41, 5.74) is 7.68. The SMILES string of the molecule is CC1=CN2CC(N)=CN=C2C=C1. The predicted molar refractivity (Wildman–Crippen MR) is 49.3 cm³/mol. The van der Waals surface area contributed by atoms with Gasteiger partial charge in [0.15, 0.2) is 0 Å². The Hall–Kier alpha value is -1.51. The molecule has 2 rings (SSSR count). The highest BCUT2D eigenvalue weighted by Crippen LogP contribution is 2.13. The average molecular weight is 161 g/mol. The number of amidine groups is 1. The molecule has 0 saturated heterocycles. The molecule has 3 heteroatoms. The van der Waals surface area contributed by atoms with Crippen molar-refractivity contribution in [3.8, 4) is 0 Å². The van der Waals surface area contributed by atoms with E-state index in [9.17, 15) is 0 Å². The van der Waals surface area contributed by atoms with Crippen molar-refractivity contribution in [1.29, 1.82) is 0 Å². The van der Waals surface area contributed by atoms with Gasteiger partial charge in [-0.15, -0.1) is 0 Å². The van der Waals surface area contributed by atoms with Crippen molar-refractivity contribution < 1.29 is 0 Å². The van der Waals surface area contributed by atoms with Crippen LogP contribution in [0.1, 0.15) is 6.92 Å². The molecule has 12 heavy (non-hydrogen) atoms. The molecule has 2 aliphatic rings. The van der Waals surface area contributed by atoms with Crippen molar-refractivity contribution in [3.63, 3.8) is 0 Å². The molecule has 3 nitrogen and oxygen atoms in total. The number of fused-ring (bicyclic) bond motifs is 1. The van der Waals surface area contributed by atoms with Crippen LogP contribution >= 0.6 is 0 Å². The minimum absolute atomic E-state index is 0.751. The second-order valence-corrected chi connectivity index (χ2v) is 3.03. The van der Waals surface area contributed by atoms with Gasteiger partial charge in [-0.2, -0.15) is 0 Å². The van der Waals surface area contributed by atoms with E-state index in [0.717, 1.165) is 18.1 Å². The Bertz CT molecular complexity index is 321. The van der Waals surface area contributed by atoms with Gasteiger partial charge in [-0.25, -0.2) is 4.99 Å². The molecule has 0 atom stereocenters. The van der Waals surface area contributed by atoms with Crippen molar-refractivity contribution in [2.75, 3.05) is 6.54 Å². The quantitative estimate of drug-likeness (QED) is 0.575. The number of rotatable bonds is 0. The highest BCUT2D eigenvalue weighted by atomic mass is 15.2. The van der Waals surface area contributed by atoms with E-state index in [1.807, 2.05) is 17.1 Å². The van der Waals surface area contributed by atoms with Gasteiger partial charge in [-0.1, -0.05) is 6.08 Å². The Labute approximate surface area is 71.6 Å².